The summed E-state index contributed by atoms with van der Waals surface area (Å²) in [5.41, 5.74) is -1.03. The highest BCUT2D eigenvalue weighted by Crippen LogP contribution is 2.30. The largest absolute Gasteiger partial charge is 0.394 e. The standard InChI is InChI=1S/C21H25F3IN3O6/c1-12(30)28(34-11-21(2,3)32)10-13-8-14(20(31)27-33-7-6-29)19(18(24)17(13)23)26-16-4-5-25-9-15(16)22/h4-5,8-9,26,29,32H,6-7,10-11H2,1-3H3,(H,27,31). The smallest absolute Gasteiger partial charge is 0.277 e. The van der Waals surface area contributed by atoms with E-state index in [1.54, 1.807) is 4.08 Å². The minimum atomic E-state index is -1.50. The van der Waals surface area contributed by atoms with Crippen molar-refractivity contribution in [2.75, 3.05) is 25.1 Å². The maximum Gasteiger partial charge on any atom is 0.277 e. The van der Waals surface area contributed by atoms with Gasteiger partial charge in [0.1, 0.15) is 6.61 Å². The highest BCUT2D eigenvalue weighted by Gasteiger charge is 2.26. The molecule has 0 fully saturated rings. The minimum absolute atomic E-state index is 0.166. The summed E-state index contributed by atoms with van der Waals surface area (Å²) in [7, 11) is 0. The number of carbonyl (C=O) groups is 2. The SMILES string of the molecule is CC(=O)N(Cc1cc(C(=O)NOCCO)c(NC2=C(F)C=IC=C2)c(F)c1F)OCC(C)(C)O. The molecule has 4 N–H and O–H groups in total. The van der Waals surface area contributed by atoms with E-state index in [0.717, 1.165) is 13.0 Å². The predicted octanol–water partition coefficient (Wildman–Crippen LogP) is 2.56. The molecule has 2 amide bonds. The fourth-order valence-corrected chi connectivity index (χ4v) is 3.94. The lowest BCUT2D eigenvalue weighted by Gasteiger charge is -2.25. The number of nitrogens with zero attached hydrogens (tertiary/aromatic N) is 1. The lowest BCUT2D eigenvalue weighted by atomic mass is 10.1. The summed E-state index contributed by atoms with van der Waals surface area (Å²) < 4.78 is 47.3. The zero-order chi connectivity index (χ0) is 25.5. The number of allylic oxidation sites excluding steroid dienone is 2. The fraction of sp³-hybridized carbons (Fsp3) is 0.381. The van der Waals surface area contributed by atoms with E-state index >= 15 is 4.39 Å². The molecule has 0 spiro atoms. The molecule has 2 rings (SSSR count). The Morgan fingerprint density at radius 3 is 2.53 bits per heavy atom. The Hall–Kier alpha value is -2.33. The first-order valence-corrected chi connectivity index (χ1v) is 12.4. The Balaban J connectivity index is 2.48. The van der Waals surface area contributed by atoms with E-state index in [1.807, 2.05) is 5.48 Å². The van der Waals surface area contributed by atoms with Crippen LogP contribution >= 0.6 is 20.7 Å². The number of hydroxylamine groups is 3. The van der Waals surface area contributed by atoms with Crippen molar-refractivity contribution in [2.24, 2.45) is 0 Å². The van der Waals surface area contributed by atoms with Crippen LogP contribution in [-0.4, -0.2) is 56.5 Å². The molecule has 0 saturated carbocycles. The van der Waals surface area contributed by atoms with Gasteiger partial charge < -0.3 is 15.5 Å². The molecule has 34 heavy (non-hydrogen) atoms. The first-order valence-electron chi connectivity index (χ1n) is 9.90. The van der Waals surface area contributed by atoms with Crippen molar-refractivity contribution in [1.29, 1.82) is 0 Å². The average molecular weight is 599 g/mol. The lowest BCUT2D eigenvalue weighted by Crippen LogP contribution is -2.36. The number of hydrogen-bond donors (Lipinski definition) is 4. The first-order chi connectivity index (χ1) is 15.9. The number of aliphatic hydroxyl groups excluding tert-OH is 1. The Bertz CT molecular complexity index is 1020. The number of anilines is 1. The molecule has 0 radical (unpaired) electrons. The molecule has 0 atom stereocenters. The van der Waals surface area contributed by atoms with Crippen LogP contribution in [0.4, 0.5) is 18.9 Å². The van der Waals surface area contributed by atoms with E-state index in [2.05, 4.69) is 5.32 Å². The second kappa shape index (κ2) is 12.4. The predicted molar refractivity (Wildman–Crippen MR) is 126 cm³/mol. The third-order valence-corrected chi connectivity index (χ3v) is 5.78. The summed E-state index contributed by atoms with van der Waals surface area (Å²) in [6.07, 6.45) is 1.36. The van der Waals surface area contributed by atoms with E-state index < -0.39 is 85.6 Å². The number of nitrogens with one attached hydrogen (secondary N) is 2. The van der Waals surface area contributed by atoms with Gasteiger partial charge in [-0.05, 0) is 30.1 Å². The van der Waals surface area contributed by atoms with Crippen LogP contribution in [0.1, 0.15) is 36.7 Å². The lowest BCUT2D eigenvalue weighted by molar-refractivity contribution is -0.205. The molecule has 0 saturated heterocycles. The van der Waals surface area contributed by atoms with Gasteiger partial charge >= 0.3 is 0 Å². The first kappa shape index (κ1) is 27.9. The maximum absolute atomic E-state index is 15.1. The van der Waals surface area contributed by atoms with Gasteiger partial charge in [-0.15, -0.1) is 0 Å². The molecule has 0 aliphatic carbocycles. The quantitative estimate of drug-likeness (QED) is 0.175. The molecule has 0 bridgehead atoms. The van der Waals surface area contributed by atoms with Gasteiger partial charge in [0.05, 0.1) is 42.3 Å². The summed E-state index contributed by atoms with van der Waals surface area (Å²) in [5.74, 6) is -5.25. The monoisotopic (exact) mass is 599 g/mol. The van der Waals surface area contributed by atoms with Crippen LogP contribution in [0.3, 0.4) is 0 Å². The third kappa shape index (κ3) is 7.87. The highest BCUT2D eigenvalue weighted by atomic mass is 127. The molecule has 1 aliphatic rings. The highest BCUT2D eigenvalue weighted by molar-refractivity contribution is 14.2. The molecule has 1 aliphatic heterocycles. The fourth-order valence-electron chi connectivity index (χ4n) is 2.52. The van der Waals surface area contributed by atoms with Gasteiger partial charge in [-0.3, -0.25) is 19.3 Å². The van der Waals surface area contributed by atoms with Crippen molar-refractivity contribution >= 4 is 42.2 Å². The molecule has 0 unspecified atom stereocenters. The molecular weight excluding hydrogens is 574 g/mol. The Labute approximate surface area is 203 Å². The molecule has 1 aromatic carbocycles. The summed E-state index contributed by atoms with van der Waals surface area (Å²) >= 11 is -0.647. The maximum atomic E-state index is 15.1. The molecule has 1 heterocycles. The number of amides is 2. The van der Waals surface area contributed by atoms with E-state index in [-0.39, 0.29) is 18.9 Å². The Kier molecular flexibility index (Phi) is 10.2. The van der Waals surface area contributed by atoms with Gasteiger partial charge in [0, 0.05) is 16.5 Å². The molecule has 188 valence electrons. The van der Waals surface area contributed by atoms with Crippen LogP contribution in [0.2, 0.25) is 0 Å². The van der Waals surface area contributed by atoms with Crippen molar-refractivity contribution in [1.82, 2.24) is 10.5 Å². The van der Waals surface area contributed by atoms with Gasteiger partial charge in [0.15, 0.2) is 17.5 Å². The van der Waals surface area contributed by atoms with Crippen LogP contribution in [0.25, 0.3) is 0 Å². The van der Waals surface area contributed by atoms with E-state index in [1.165, 1.54) is 23.9 Å². The Morgan fingerprint density at radius 2 is 1.94 bits per heavy atom. The second-order valence-corrected chi connectivity index (χ2v) is 9.71. The molecule has 13 heteroatoms. The van der Waals surface area contributed by atoms with Crippen LogP contribution in [0.5, 0.6) is 0 Å². The summed E-state index contributed by atoms with van der Waals surface area (Å²) in [6, 6.07) is 0.962. The van der Waals surface area contributed by atoms with E-state index in [4.69, 9.17) is 14.8 Å². The van der Waals surface area contributed by atoms with E-state index in [9.17, 15) is 23.5 Å². The number of aliphatic hydroxyl groups is 2. The van der Waals surface area contributed by atoms with E-state index in [0.29, 0.717) is 5.06 Å². The minimum Gasteiger partial charge on any atom is -0.394 e. The van der Waals surface area contributed by atoms with Crippen LogP contribution in [0, 0.1) is 11.6 Å². The van der Waals surface area contributed by atoms with Gasteiger partial charge in [0.25, 0.3) is 5.91 Å². The summed E-state index contributed by atoms with van der Waals surface area (Å²) in [4.78, 5) is 34.5. The van der Waals surface area contributed by atoms with Crippen molar-refractivity contribution < 1.29 is 42.6 Å². The number of carbonyl (C=O) groups excluding carboxylic acids is 2. The van der Waals surface area contributed by atoms with Crippen molar-refractivity contribution in [2.45, 2.75) is 32.9 Å². The van der Waals surface area contributed by atoms with Crippen LogP contribution in [-0.2, 0) is 21.0 Å². The van der Waals surface area contributed by atoms with Crippen molar-refractivity contribution in [3.63, 3.8) is 0 Å². The van der Waals surface area contributed by atoms with Crippen molar-refractivity contribution in [3.05, 3.63) is 50.5 Å². The molecule has 1 aromatic rings. The summed E-state index contributed by atoms with van der Waals surface area (Å²) in [5, 5.41) is 21.7. The average Bonchev–Trinajstić information content (AvgIpc) is 2.76. The number of benzene rings is 1. The zero-order valence-electron chi connectivity index (χ0n) is 18.6. The van der Waals surface area contributed by atoms with Gasteiger partial charge in [-0.1, -0.05) is 20.7 Å². The van der Waals surface area contributed by atoms with Gasteiger partial charge in [0.2, 0.25) is 5.91 Å². The third-order valence-electron chi connectivity index (χ3n) is 4.10. The molecule has 0 aromatic heterocycles. The molecular formula is C21H25F3IN3O6. The zero-order valence-corrected chi connectivity index (χ0v) is 20.8. The summed E-state index contributed by atoms with van der Waals surface area (Å²) in [6.45, 7) is 2.37. The number of hydrogen-bond acceptors (Lipinski definition) is 7. The molecule has 9 nitrogen and oxygen atoms in total. The van der Waals surface area contributed by atoms with Gasteiger partial charge in [-0.2, -0.15) is 0 Å². The normalized spacial score (nSPS) is 13.5. The van der Waals surface area contributed by atoms with Crippen molar-refractivity contribution in [3.8, 4) is 0 Å². The second-order valence-electron chi connectivity index (χ2n) is 7.65. The van der Waals surface area contributed by atoms with Gasteiger partial charge in [-0.25, -0.2) is 23.7 Å². The topological polar surface area (TPSA) is 120 Å². The van der Waals surface area contributed by atoms with Crippen LogP contribution in [0.15, 0.2) is 27.7 Å². The number of rotatable bonds is 11. The Morgan fingerprint density at radius 1 is 1.24 bits per heavy atom. The van der Waals surface area contributed by atoms with Crippen LogP contribution < -0.4 is 10.8 Å². The number of halogens is 4.